The zero-order valence-corrected chi connectivity index (χ0v) is 20.2. The molecule has 2 aromatic carbocycles. The number of esters is 1. The van der Waals surface area contributed by atoms with Crippen LogP contribution in [0.1, 0.15) is 42.2 Å². The third-order valence-corrected chi connectivity index (χ3v) is 7.51. The molecule has 1 amide bonds. The van der Waals surface area contributed by atoms with E-state index in [0.29, 0.717) is 10.6 Å². The van der Waals surface area contributed by atoms with Crippen LogP contribution in [0.15, 0.2) is 53.4 Å². The highest BCUT2D eigenvalue weighted by Gasteiger charge is 2.32. The van der Waals surface area contributed by atoms with Crippen molar-refractivity contribution in [2.45, 2.75) is 43.4 Å². The van der Waals surface area contributed by atoms with Crippen LogP contribution in [0.2, 0.25) is 5.02 Å². The first-order chi connectivity index (χ1) is 15.6. The fourth-order valence-electron chi connectivity index (χ4n) is 3.74. The van der Waals surface area contributed by atoms with Crippen LogP contribution >= 0.6 is 11.6 Å². The van der Waals surface area contributed by atoms with Gasteiger partial charge in [-0.15, -0.1) is 0 Å². The number of hydrogen-bond donors (Lipinski definition) is 1. The quantitative estimate of drug-likeness (QED) is 0.593. The number of carbonyl (C=O) groups is 2. The van der Waals surface area contributed by atoms with E-state index in [9.17, 15) is 18.0 Å². The summed E-state index contributed by atoms with van der Waals surface area (Å²) in [5.74, 6) is -0.975. The molecule has 0 spiro atoms. The van der Waals surface area contributed by atoms with Crippen molar-refractivity contribution in [3.05, 3.63) is 64.7 Å². The highest BCUT2D eigenvalue weighted by Crippen LogP contribution is 2.26. The second-order valence-corrected chi connectivity index (χ2v) is 10.3. The molecule has 2 aromatic rings. The molecule has 178 valence electrons. The van der Waals surface area contributed by atoms with Crippen molar-refractivity contribution in [2.24, 2.45) is 0 Å². The highest BCUT2D eigenvalue weighted by atomic mass is 35.5. The number of morpholine rings is 1. The highest BCUT2D eigenvalue weighted by molar-refractivity contribution is 7.89. The fraction of sp³-hybridized carbons (Fsp3) is 0.391. The van der Waals surface area contributed by atoms with Crippen molar-refractivity contribution in [2.75, 3.05) is 20.2 Å². The number of benzene rings is 2. The smallest absolute Gasteiger partial charge is 0.307 e. The maximum Gasteiger partial charge on any atom is 0.307 e. The van der Waals surface area contributed by atoms with Gasteiger partial charge in [-0.1, -0.05) is 29.8 Å². The normalized spacial score (nSPS) is 20.1. The number of nitrogens with zero attached hydrogens (tertiary/aromatic N) is 1. The van der Waals surface area contributed by atoms with E-state index in [2.05, 4.69) is 5.32 Å². The SMILES string of the molecule is COC(=O)CC(NC(=O)c1ccc(S(=O)(=O)N2CC(C)OC(C)C2)cc1)c1ccccc1Cl. The minimum Gasteiger partial charge on any atom is -0.469 e. The van der Waals surface area contributed by atoms with E-state index in [-0.39, 0.29) is 42.2 Å². The summed E-state index contributed by atoms with van der Waals surface area (Å²) in [5, 5.41) is 3.19. The molecule has 3 unspecified atom stereocenters. The molecular weight excluding hydrogens is 468 g/mol. The number of carbonyl (C=O) groups excluding carboxylic acids is 2. The Balaban J connectivity index is 1.78. The molecule has 0 bridgehead atoms. The lowest BCUT2D eigenvalue weighted by molar-refractivity contribution is -0.141. The molecule has 0 saturated carbocycles. The van der Waals surface area contributed by atoms with Gasteiger partial charge in [-0.2, -0.15) is 4.31 Å². The first kappa shape index (κ1) is 25.2. The lowest BCUT2D eigenvalue weighted by atomic mass is 10.0. The summed E-state index contributed by atoms with van der Waals surface area (Å²) < 4.78 is 37.8. The van der Waals surface area contributed by atoms with E-state index in [1.165, 1.54) is 35.7 Å². The summed E-state index contributed by atoms with van der Waals surface area (Å²) in [4.78, 5) is 24.8. The summed E-state index contributed by atoms with van der Waals surface area (Å²) in [5.41, 5.74) is 0.826. The Morgan fingerprint density at radius 1 is 1.12 bits per heavy atom. The lowest BCUT2D eigenvalue weighted by Gasteiger charge is -2.34. The first-order valence-electron chi connectivity index (χ1n) is 10.5. The Morgan fingerprint density at radius 3 is 2.30 bits per heavy atom. The van der Waals surface area contributed by atoms with E-state index in [1.54, 1.807) is 24.3 Å². The molecule has 0 aliphatic carbocycles. The van der Waals surface area contributed by atoms with Gasteiger partial charge in [0, 0.05) is 23.7 Å². The van der Waals surface area contributed by atoms with Crippen molar-refractivity contribution < 1.29 is 27.5 Å². The number of nitrogens with one attached hydrogen (secondary N) is 1. The average molecular weight is 495 g/mol. The third kappa shape index (κ3) is 6.11. The second kappa shape index (κ2) is 10.6. The van der Waals surface area contributed by atoms with Gasteiger partial charge in [0.15, 0.2) is 0 Å². The molecule has 10 heteroatoms. The van der Waals surface area contributed by atoms with Crippen LogP contribution in [0, 0.1) is 0 Å². The summed E-state index contributed by atoms with van der Waals surface area (Å²) in [6, 6.07) is 11.9. The van der Waals surface area contributed by atoms with Crippen LogP contribution in [-0.2, 0) is 24.3 Å². The molecule has 3 atom stereocenters. The van der Waals surface area contributed by atoms with Crippen molar-refractivity contribution in [1.29, 1.82) is 0 Å². The van der Waals surface area contributed by atoms with Crippen molar-refractivity contribution >= 4 is 33.5 Å². The molecule has 3 rings (SSSR count). The zero-order valence-electron chi connectivity index (χ0n) is 18.7. The molecule has 33 heavy (non-hydrogen) atoms. The molecule has 1 aliphatic heterocycles. The molecule has 1 saturated heterocycles. The lowest BCUT2D eigenvalue weighted by Crippen LogP contribution is -2.48. The number of halogens is 1. The topological polar surface area (TPSA) is 102 Å². The molecule has 0 aromatic heterocycles. The van der Waals surface area contributed by atoms with Gasteiger partial charge in [0.1, 0.15) is 0 Å². The van der Waals surface area contributed by atoms with Crippen molar-refractivity contribution in [3.63, 3.8) is 0 Å². The van der Waals surface area contributed by atoms with Crippen LogP contribution in [0.25, 0.3) is 0 Å². The number of rotatable bonds is 7. The van der Waals surface area contributed by atoms with Gasteiger partial charge >= 0.3 is 5.97 Å². The maximum atomic E-state index is 13.0. The largest absolute Gasteiger partial charge is 0.469 e. The summed E-state index contributed by atoms with van der Waals surface area (Å²) in [6.07, 6.45) is -0.512. The Labute approximate surface area is 198 Å². The molecule has 1 fully saturated rings. The van der Waals surface area contributed by atoms with Gasteiger partial charge in [0.25, 0.3) is 5.91 Å². The van der Waals surface area contributed by atoms with E-state index >= 15 is 0 Å². The minimum atomic E-state index is -3.72. The average Bonchev–Trinajstić information content (AvgIpc) is 2.78. The Kier molecular flexibility index (Phi) is 8.12. The van der Waals surface area contributed by atoms with Crippen LogP contribution in [0.3, 0.4) is 0 Å². The van der Waals surface area contributed by atoms with Crippen LogP contribution in [-0.4, -0.2) is 57.0 Å². The fourth-order valence-corrected chi connectivity index (χ4v) is 5.60. The Bertz CT molecular complexity index is 1100. The van der Waals surface area contributed by atoms with Crippen LogP contribution < -0.4 is 5.32 Å². The third-order valence-electron chi connectivity index (χ3n) is 5.32. The zero-order chi connectivity index (χ0) is 24.2. The molecule has 8 nitrogen and oxygen atoms in total. The predicted molar refractivity (Wildman–Crippen MR) is 124 cm³/mol. The number of methoxy groups -OCH3 is 1. The standard InChI is InChI=1S/C23H27ClN2O6S/c1-15-13-26(14-16(2)32-15)33(29,30)18-10-8-17(9-11-18)23(28)25-21(12-22(27)31-3)19-6-4-5-7-20(19)24/h4-11,15-16,21H,12-14H2,1-3H3,(H,25,28). The minimum absolute atomic E-state index is 0.0950. The molecule has 1 aliphatic rings. The second-order valence-electron chi connectivity index (χ2n) is 7.93. The van der Waals surface area contributed by atoms with Crippen molar-refractivity contribution in [3.8, 4) is 0 Å². The number of sulfonamides is 1. The van der Waals surface area contributed by atoms with Gasteiger partial charge in [-0.05, 0) is 49.7 Å². The van der Waals surface area contributed by atoms with E-state index < -0.39 is 27.9 Å². The number of ether oxygens (including phenoxy) is 2. The first-order valence-corrected chi connectivity index (χ1v) is 12.3. The van der Waals surface area contributed by atoms with Gasteiger partial charge in [0.2, 0.25) is 10.0 Å². The molecule has 0 radical (unpaired) electrons. The van der Waals surface area contributed by atoms with Crippen LogP contribution in [0.5, 0.6) is 0 Å². The van der Waals surface area contributed by atoms with E-state index in [1.807, 2.05) is 13.8 Å². The summed E-state index contributed by atoms with van der Waals surface area (Å²) >= 11 is 6.26. The molecule has 1 heterocycles. The van der Waals surface area contributed by atoms with Gasteiger partial charge in [-0.25, -0.2) is 8.42 Å². The van der Waals surface area contributed by atoms with Crippen LogP contribution in [0.4, 0.5) is 0 Å². The molecular formula is C23H27ClN2O6S. The van der Waals surface area contributed by atoms with Crippen molar-refractivity contribution in [1.82, 2.24) is 9.62 Å². The van der Waals surface area contributed by atoms with E-state index in [4.69, 9.17) is 21.1 Å². The number of hydrogen-bond acceptors (Lipinski definition) is 6. The van der Waals surface area contributed by atoms with Gasteiger partial charge in [-0.3, -0.25) is 9.59 Å². The summed E-state index contributed by atoms with van der Waals surface area (Å²) in [6.45, 7) is 4.19. The summed E-state index contributed by atoms with van der Waals surface area (Å²) in [7, 11) is -2.45. The monoisotopic (exact) mass is 494 g/mol. The Morgan fingerprint density at radius 2 is 1.73 bits per heavy atom. The maximum absolute atomic E-state index is 13.0. The molecule has 1 N–H and O–H groups in total. The van der Waals surface area contributed by atoms with Gasteiger partial charge < -0.3 is 14.8 Å². The number of amides is 1. The van der Waals surface area contributed by atoms with Gasteiger partial charge in [0.05, 0.1) is 36.7 Å². The Hall–Kier alpha value is -2.46. The predicted octanol–water partition coefficient (Wildman–Crippen LogP) is 3.17. The van der Waals surface area contributed by atoms with E-state index in [0.717, 1.165) is 0 Å².